The summed E-state index contributed by atoms with van der Waals surface area (Å²) in [6, 6.07) is 3.64. The Morgan fingerprint density at radius 1 is 0.872 bits per heavy atom. The number of carbonyl (C=O) groups excluding carboxylic acids is 1. The molecule has 1 atom stereocenters. The van der Waals surface area contributed by atoms with E-state index in [0.29, 0.717) is 62.6 Å². The van der Waals surface area contributed by atoms with E-state index < -0.39 is 33.7 Å². The highest BCUT2D eigenvalue weighted by Gasteiger charge is 2.44. The van der Waals surface area contributed by atoms with Crippen LogP contribution in [-0.4, -0.2) is 86.7 Å². The summed E-state index contributed by atoms with van der Waals surface area (Å²) in [5.74, 6) is -2.23. The van der Waals surface area contributed by atoms with Crippen LogP contribution in [0.1, 0.15) is 56.4 Å². The van der Waals surface area contributed by atoms with Gasteiger partial charge in [-0.3, -0.25) is 4.79 Å². The van der Waals surface area contributed by atoms with Crippen LogP contribution in [0, 0.1) is 29.4 Å². The van der Waals surface area contributed by atoms with E-state index in [-0.39, 0.29) is 24.9 Å². The maximum Gasteiger partial charge on any atom is 0.471 e. The molecule has 1 aromatic rings. The highest BCUT2D eigenvalue weighted by molar-refractivity contribution is 7.88. The Bertz CT molecular complexity index is 1070. The Morgan fingerprint density at radius 2 is 1.38 bits per heavy atom. The van der Waals surface area contributed by atoms with E-state index in [2.05, 4.69) is 4.90 Å². The lowest BCUT2D eigenvalue weighted by molar-refractivity contribution is -0.187. The van der Waals surface area contributed by atoms with Crippen LogP contribution in [-0.2, 0) is 14.8 Å². The van der Waals surface area contributed by atoms with Gasteiger partial charge in [-0.15, -0.1) is 0 Å². The molecule has 6 nitrogen and oxygen atoms in total. The van der Waals surface area contributed by atoms with Crippen LogP contribution in [0.4, 0.5) is 22.0 Å². The number of hydrogen-bond donors (Lipinski definition) is 0. The molecule has 3 aliphatic heterocycles. The summed E-state index contributed by atoms with van der Waals surface area (Å²) in [4.78, 5) is 14.8. The van der Waals surface area contributed by atoms with Gasteiger partial charge in [-0.1, -0.05) is 0 Å². The minimum Gasteiger partial charge on any atom is -0.335 e. The zero-order chi connectivity index (χ0) is 28.4. The number of alkyl halides is 3. The topological polar surface area (TPSA) is 60.9 Å². The smallest absolute Gasteiger partial charge is 0.335 e. The van der Waals surface area contributed by atoms with Crippen molar-refractivity contribution in [1.82, 2.24) is 14.1 Å². The molecule has 0 N–H and O–H groups in total. The first-order chi connectivity index (χ1) is 18.3. The average molecular weight is 580 g/mol. The lowest BCUT2D eigenvalue weighted by Gasteiger charge is -2.41. The fourth-order valence-electron chi connectivity index (χ4n) is 6.80. The number of benzene rings is 1. The Kier molecular flexibility index (Phi) is 9.58. The molecule has 0 aliphatic carbocycles. The van der Waals surface area contributed by atoms with Gasteiger partial charge in [-0.2, -0.15) is 13.2 Å². The largest absolute Gasteiger partial charge is 0.471 e. The van der Waals surface area contributed by atoms with Crippen LogP contribution in [0.5, 0.6) is 0 Å². The number of likely N-dealkylation sites (tertiary alicyclic amines) is 2. The summed E-state index contributed by atoms with van der Waals surface area (Å²) in [5.41, 5.74) is 0.611. The second-order valence-electron chi connectivity index (χ2n) is 11.4. The SMILES string of the molecule is CS(=O)(=O)N1CCC([C@@H](CCN2CCC(C3CCN(C(=O)C(F)(F)F)CC3)CC2)c2cc(F)cc(F)c2)CC1. The highest BCUT2D eigenvalue weighted by atomic mass is 32.2. The van der Waals surface area contributed by atoms with Crippen LogP contribution >= 0.6 is 0 Å². The van der Waals surface area contributed by atoms with Crippen LogP contribution in [0.3, 0.4) is 0 Å². The summed E-state index contributed by atoms with van der Waals surface area (Å²) in [5, 5.41) is 0. The van der Waals surface area contributed by atoms with Gasteiger partial charge < -0.3 is 9.80 Å². The third-order valence-corrected chi connectivity index (χ3v) is 10.3. The molecule has 39 heavy (non-hydrogen) atoms. The summed E-state index contributed by atoms with van der Waals surface area (Å²) < 4.78 is 91.7. The molecule has 0 unspecified atom stereocenters. The first-order valence-corrected chi connectivity index (χ1v) is 15.7. The quantitative estimate of drug-likeness (QED) is 0.443. The Balaban J connectivity index is 1.30. The van der Waals surface area contributed by atoms with Crippen molar-refractivity contribution >= 4 is 15.9 Å². The van der Waals surface area contributed by atoms with Crippen LogP contribution in [0.15, 0.2) is 18.2 Å². The molecule has 0 saturated carbocycles. The third-order valence-electron chi connectivity index (χ3n) is 8.97. The van der Waals surface area contributed by atoms with E-state index >= 15 is 0 Å². The van der Waals surface area contributed by atoms with E-state index in [1.165, 1.54) is 22.7 Å². The van der Waals surface area contributed by atoms with Crippen molar-refractivity contribution in [2.75, 3.05) is 52.1 Å². The van der Waals surface area contributed by atoms with Gasteiger partial charge in [-0.25, -0.2) is 21.5 Å². The molecule has 0 bridgehead atoms. The van der Waals surface area contributed by atoms with Crippen LogP contribution < -0.4 is 0 Å². The van der Waals surface area contributed by atoms with Crippen molar-refractivity contribution in [1.29, 1.82) is 0 Å². The Hall–Kier alpha value is -1.79. The number of piperidine rings is 3. The molecule has 12 heteroatoms. The molecule has 3 saturated heterocycles. The molecule has 3 fully saturated rings. The fraction of sp³-hybridized carbons (Fsp3) is 0.741. The van der Waals surface area contributed by atoms with Crippen molar-refractivity contribution in [3.05, 3.63) is 35.4 Å². The molecular weight excluding hydrogens is 541 g/mol. The first-order valence-electron chi connectivity index (χ1n) is 13.8. The molecule has 0 aromatic heterocycles. The molecule has 3 heterocycles. The molecule has 1 amide bonds. The molecule has 220 valence electrons. The Morgan fingerprint density at radius 3 is 1.87 bits per heavy atom. The fourth-order valence-corrected chi connectivity index (χ4v) is 7.67. The van der Waals surface area contributed by atoms with Gasteiger partial charge in [0.05, 0.1) is 6.26 Å². The molecule has 0 radical (unpaired) electrons. The molecule has 4 rings (SSSR count). The molecular formula is C27H38F5N3O3S. The van der Waals surface area contributed by atoms with E-state index in [9.17, 15) is 35.2 Å². The summed E-state index contributed by atoms with van der Waals surface area (Å²) >= 11 is 0. The number of amides is 1. The number of halogens is 5. The van der Waals surface area contributed by atoms with Crippen molar-refractivity contribution < 1.29 is 35.2 Å². The number of carbonyl (C=O) groups is 1. The molecule has 0 spiro atoms. The van der Waals surface area contributed by atoms with Gasteiger partial charge in [0, 0.05) is 32.2 Å². The average Bonchev–Trinajstić information content (AvgIpc) is 2.87. The number of nitrogens with zero attached hydrogens (tertiary/aromatic N) is 3. The second kappa shape index (κ2) is 12.4. The van der Waals surface area contributed by atoms with Crippen LogP contribution in [0.2, 0.25) is 0 Å². The molecule has 1 aromatic carbocycles. The minimum atomic E-state index is -4.82. The zero-order valence-electron chi connectivity index (χ0n) is 22.3. The van der Waals surface area contributed by atoms with Gasteiger partial charge >= 0.3 is 12.1 Å². The maximum absolute atomic E-state index is 14.1. The molecule has 3 aliphatic rings. The monoisotopic (exact) mass is 579 g/mol. The van der Waals surface area contributed by atoms with Crippen molar-refractivity contribution in [2.45, 2.75) is 57.0 Å². The third kappa shape index (κ3) is 7.91. The minimum absolute atomic E-state index is 0.0925. The lowest BCUT2D eigenvalue weighted by atomic mass is 9.77. The predicted molar refractivity (Wildman–Crippen MR) is 137 cm³/mol. The normalized spacial score (nSPS) is 22.8. The van der Waals surface area contributed by atoms with Crippen molar-refractivity contribution in [2.24, 2.45) is 17.8 Å². The van der Waals surface area contributed by atoms with E-state index in [1.807, 2.05) is 0 Å². The summed E-state index contributed by atoms with van der Waals surface area (Å²) in [6.45, 7) is 3.54. The van der Waals surface area contributed by atoms with Gasteiger partial charge in [0.2, 0.25) is 10.0 Å². The van der Waals surface area contributed by atoms with Gasteiger partial charge in [0.15, 0.2) is 0 Å². The number of rotatable bonds is 7. The van der Waals surface area contributed by atoms with Crippen molar-refractivity contribution in [3.8, 4) is 0 Å². The van der Waals surface area contributed by atoms with Gasteiger partial charge in [0.25, 0.3) is 0 Å². The number of sulfonamides is 1. The van der Waals surface area contributed by atoms with Crippen molar-refractivity contribution in [3.63, 3.8) is 0 Å². The van der Waals surface area contributed by atoms with E-state index in [1.54, 1.807) is 0 Å². The summed E-state index contributed by atoms with van der Waals surface area (Å²) in [6.07, 6.45) is 1.39. The van der Waals surface area contributed by atoms with E-state index in [4.69, 9.17) is 0 Å². The lowest BCUT2D eigenvalue weighted by Crippen LogP contribution is -2.47. The highest BCUT2D eigenvalue weighted by Crippen LogP contribution is 2.38. The van der Waals surface area contributed by atoms with Crippen LogP contribution in [0.25, 0.3) is 0 Å². The maximum atomic E-state index is 14.1. The first kappa shape index (κ1) is 30.2. The Labute approximate surface area is 227 Å². The zero-order valence-corrected chi connectivity index (χ0v) is 23.1. The van der Waals surface area contributed by atoms with Gasteiger partial charge in [0.1, 0.15) is 11.6 Å². The van der Waals surface area contributed by atoms with E-state index in [0.717, 1.165) is 43.4 Å². The second-order valence-corrected chi connectivity index (χ2v) is 13.4. The number of hydrogen-bond acceptors (Lipinski definition) is 4. The van der Waals surface area contributed by atoms with Gasteiger partial charge in [-0.05, 0) is 106 Å². The standard InChI is InChI=1S/C27H38F5N3O3S/c1-39(37,38)35-14-6-21(7-15-35)25(22-16-23(28)18-24(29)17-22)8-11-33-9-2-19(3-10-33)20-4-12-34(13-5-20)26(36)27(30,31)32/h16-21,25H,2-15H2,1H3/t25-/m1/s1. The predicted octanol–water partition coefficient (Wildman–Crippen LogP) is 4.62. The summed E-state index contributed by atoms with van der Waals surface area (Å²) in [7, 11) is -3.28.